The normalized spacial score (nSPS) is 18.3. The fraction of sp³-hybridized carbons (Fsp3) is 0.588. The molecule has 1 aliphatic carbocycles. The average Bonchev–Trinajstić information content (AvgIpc) is 2.56. The quantitative estimate of drug-likeness (QED) is 0.550. The predicted octanol–water partition coefficient (Wildman–Crippen LogP) is 2.08. The lowest BCUT2D eigenvalue weighted by Gasteiger charge is -2.26. The molecule has 1 saturated carbocycles. The molecule has 23 heavy (non-hydrogen) atoms. The van der Waals surface area contributed by atoms with Crippen LogP contribution in [0.4, 0.5) is 4.79 Å². The zero-order valence-corrected chi connectivity index (χ0v) is 13.3. The summed E-state index contributed by atoms with van der Waals surface area (Å²) in [5.74, 6) is 0. The van der Waals surface area contributed by atoms with Crippen molar-refractivity contribution < 1.29 is 19.8 Å². The number of hydrogen-bond acceptors (Lipinski definition) is 4. The Hall–Kier alpha value is -1.63. The minimum atomic E-state index is -1.14. The minimum Gasteiger partial charge on any atom is -0.465 e. The van der Waals surface area contributed by atoms with Crippen LogP contribution in [0.25, 0.3) is 0 Å². The first kappa shape index (κ1) is 17.7. The van der Waals surface area contributed by atoms with Gasteiger partial charge in [-0.05, 0) is 24.8 Å². The Labute approximate surface area is 136 Å². The molecule has 0 unspecified atom stereocenters. The number of benzene rings is 1. The van der Waals surface area contributed by atoms with Crippen molar-refractivity contribution in [2.75, 3.05) is 6.54 Å². The van der Waals surface area contributed by atoms with Crippen LogP contribution in [-0.2, 0) is 11.3 Å². The number of carbonyl (C=O) groups is 1. The molecule has 1 aliphatic rings. The molecule has 2 rings (SSSR count). The van der Waals surface area contributed by atoms with E-state index in [9.17, 15) is 9.90 Å². The summed E-state index contributed by atoms with van der Waals surface area (Å²) in [6.45, 7) is 0.189. The summed E-state index contributed by atoms with van der Waals surface area (Å²) in [7, 11) is 0. The van der Waals surface area contributed by atoms with Gasteiger partial charge >= 0.3 is 6.09 Å². The standard InChI is InChI=1S/C17H26N2O4/c20-16(12-18-23-14-9-5-2-6-10-14)15(19-17(21)22)11-13-7-3-1-4-8-13/h1,3-4,7-8,14-16,18-20H,2,5-6,9-12H2,(H,21,22)/t15-,16+/m0/s1. The summed E-state index contributed by atoms with van der Waals surface area (Å²) in [5, 5.41) is 21.6. The van der Waals surface area contributed by atoms with Gasteiger partial charge in [0.15, 0.2) is 0 Å². The lowest BCUT2D eigenvalue weighted by Crippen LogP contribution is -2.48. The molecule has 0 aromatic heterocycles. The van der Waals surface area contributed by atoms with Crippen LogP contribution in [0, 0.1) is 0 Å². The summed E-state index contributed by atoms with van der Waals surface area (Å²) < 4.78 is 0. The largest absolute Gasteiger partial charge is 0.465 e. The topological polar surface area (TPSA) is 90.8 Å². The molecule has 128 valence electrons. The van der Waals surface area contributed by atoms with Crippen LogP contribution in [0.2, 0.25) is 0 Å². The molecule has 1 aromatic carbocycles. The maximum absolute atomic E-state index is 11.0. The predicted molar refractivity (Wildman–Crippen MR) is 87.1 cm³/mol. The van der Waals surface area contributed by atoms with E-state index in [1.165, 1.54) is 19.3 Å². The van der Waals surface area contributed by atoms with Gasteiger partial charge in [0, 0.05) is 6.54 Å². The van der Waals surface area contributed by atoms with Crippen molar-refractivity contribution in [1.82, 2.24) is 10.8 Å². The highest BCUT2D eigenvalue weighted by molar-refractivity contribution is 5.65. The van der Waals surface area contributed by atoms with E-state index in [1.807, 2.05) is 30.3 Å². The number of aliphatic hydroxyl groups excluding tert-OH is 1. The third-order valence-electron chi connectivity index (χ3n) is 4.17. The highest BCUT2D eigenvalue weighted by Crippen LogP contribution is 2.19. The monoisotopic (exact) mass is 322 g/mol. The fourth-order valence-electron chi connectivity index (χ4n) is 2.89. The number of amides is 1. The van der Waals surface area contributed by atoms with Gasteiger partial charge in [-0.15, -0.1) is 0 Å². The first-order chi connectivity index (χ1) is 11.1. The third-order valence-corrected chi connectivity index (χ3v) is 4.17. The Morgan fingerprint density at radius 3 is 2.57 bits per heavy atom. The second-order valence-electron chi connectivity index (χ2n) is 6.04. The van der Waals surface area contributed by atoms with Gasteiger partial charge in [0.1, 0.15) is 0 Å². The molecule has 0 radical (unpaired) electrons. The molecule has 0 bridgehead atoms. The average molecular weight is 322 g/mol. The third kappa shape index (κ3) is 6.56. The first-order valence-corrected chi connectivity index (χ1v) is 8.25. The molecular formula is C17H26N2O4. The maximum atomic E-state index is 11.0. The Morgan fingerprint density at radius 2 is 1.91 bits per heavy atom. The van der Waals surface area contributed by atoms with Gasteiger partial charge in [0.2, 0.25) is 0 Å². The molecule has 1 fully saturated rings. The number of carboxylic acid groups (broad SMARTS) is 1. The van der Waals surface area contributed by atoms with Crippen LogP contribution >= 0.6 is 0 Å². The van der Waals surface area contributed by atoms with Crippen LogP contribution in [0.15, 0.2) is 30.3 Å². The van der Waals surface area contributed by atoms with Gasteiger partial charge in [-0.2, -0.15) is 5.48 Å². The molecule has 1 aromatic rings. The van der Waals surface area contributed by atoms with Crippen molar-refractivity contribution >= 4 is 6.09 Å². The molecule has 1 amide bonds. The van der Waals surface area contributed by atoms with Gasteiger partial charge < -0.3 is 15.5 Å². The van der Waals surface area contributed by atoms with E-state index in [1.54, 1.807) is 0 Å². The summed E-state index contributed by atoms with van der Waals surface area (Å²) in [4.78, 5) is 16.5. The van der Waals surface area contributed by atoms with Crippen molar-refractivity contribution in [3.05, 3.63) is 35.9 Å². The Morgan fingerprint density at radius 1 is 1.22 bits per heavy atom. The molecule has 6 heteroatoms. The Kier molecular flexibility index (Phi) is 7.32. The number of aliphatic hydroxyl groups is 1. The number of hydrogen-bond donors (Lipinski definition) is 4. The van der Waals surface area contributed by atoms with Crippen LogP contribution in [0.1, 0.15) is 37.7 Å². The van der Waals surface area contributed by atoms with E-state index in [4.69, 9.17) is 9.94 Å². The molecular weight excluding hydrogens is 296 g/mol. The minimum absolute atomic E-state index is 0.189. The van der Waals surface area contributed by atoms with Crippen molar-refractivity contribution in [3.8, 4) is 0 Å². The first-order valence-electron chi connectivity index (χ1n) is 8.25. The summed E-state index contributed by atoms with van der Waals surface area (Å²) in [5.41, 5.74) is 3.78. The molecule has 0 heterocycles. The zero-order chi connectivity index (χ0) is 16.5. The van der Waals surface area contributed by atoms with Crippen molar-refractivity contribution in [1.29, 1.82) is 0 Å². The maximum Gasteiger partial charge on any atom is 0.404 e. The molecule has 0 saturated heterocycles. The van der Waals surface area contributed by atoms with E-state index < -0.39 is 18.2 Å². The van der Waals surface area contributed by atoms with Gasteiger partial charge in [0.05, 0.1) is 18.2 Å². The smallest absolute Gasteiger partial charge is 0.404 e. The number of nitrogens with one attached hydrogen (secondary N) is 2. The van der Waals surface area contributed by atoms with E-state index >= 15 is 0 Å². The summed E-state index contributed by atoms with van der Waals surface area (Å²) in [6, 6.07) is 8.93. The van der Waals surface area contributed by atoms with Gasteiger partial charge in [-0.1, -0.05) is 49.6 Å². The van der Waals surface area contributed by atoms with Crippen LogP contribution in [0.5, 0.6) is 0 Å². The van der Waals surface area contributed by atoms with E-state index in [2.05, 4.69) is 10.8 Å². The second kappa shape index (κ2) is 9.50. The number of hydroxylamine groups is 1. The SMILES string of the molecule is O=C(O)N[C@@H](Cc1ccccc1)[C@H](O)CNOC1CCCCC1. The molecule has 4 N–H and O–H groups in total. The fourth-order valence-corrected chi connectivity index (χ4v) is 2.89. The zero-order valence-electron chi connectivity index (χ0n) is 13.3. The summed E-state index contributed by atoms with van der Waals surface area (Å²) >= 11 is 0. The van der Waals surface area contributed by atoms with E-state index in [-0.39, 0.29) is 12.6 Å². The van der Waals surface area contributed by atoms with Gasteiger partial charge in [0.25, 0.3) is 0 Å². The number of rotatable bonds is 8. The molecule has 0 spiro atoms. The second-order valence-corrected chi connectivity index (χ2v) is 6.04. The van der Waals surface area contributed by atoms with Crippen LogP contribution in [0.3, 0.4) is 0 Å². The van der Waals surface area contributed by atoms with Crippen molar-refractivity contribution in [3.63, 3.8) is 0 Å². The highest BCUT2D eigenvalue weighted by Gasteiger charge is 2.22. The Balaban J connectivity index is 1.80. The van der Waals surface area contributed by atoms with E-state index in [0.29, 0.717) is 6.42 Å². The van der Waals surface area contributed by atoms with Gasteiger partial charge in [-0.25, -0.2) is 4.79 Å². The Bertz CT molecular complexity index is 463. The van der Waals surface area contributed by atoms with E-state index in [0.717, 1.165) is 18.4 Å². The van der Waals surface area contributed by atoms with Crippen LogP contribution < -0.4 is 10.8 Å². The van der Waals surface area contributed by atoms with Gasteiger partial charge in [-0.3, -0.25) is 4.84 Å². The van der Waals surface area contributed by atoms with Crippen LogP contribution in [-0.4, -0.2) is 41.1 Å². The lowest BCUT2D eigenvalue weighted by molar-refractivity contribution is -0.0581. The molecule has 2 atom stereocenters. The summed E-state index contributed by atoms with van der Waals surface area (Å²) in [6.07, 6.45) is 4.28. The lowest BCUT2D eigenvalue weighted by atomic mass is 9.98. The van der Waals surface area contributed by atoms with Crippen molar-refractivity contribution in [2.24, 2.45) is 0 Å². The van der Waals surface area contributed by atoms with Crippen molar-refractivity contribution in [2.45, 2.75) is 56.8 Å². The molecule has 6 nitrogen and oxygen atoms in total. The highest BCUT2D eigenvalue weighted by atomic mass is 16.7. The molecule has 0 aliphatic heterocycles.